The maximum atomic E-state index is 10.2. The fourth-order valence-electron chi connectivity index (χ4n) is 2.04. The van der Waals surface area contributed by atoms with Crippen LogP contribution in [0.2, 0.25) is 5.02 Å². The van der Waals surface area contributed by atoms with E-state index in [0.717, 1.165) is 25.7 Å². The van der Waals surface area contributed by atoms with Crippen molar-refractivity contribution < 1.29 is 9.84 Å². The number of ether oxygens (including phenoxy) is 1. The Morgan fingerprint density at radius 2 is 2.06 bits per heavy atom. The lowest BCUT2D eigenvalue weighted by molar-refractivity contribution is -0.0339. The van der Waals surface area contributed by atoms with E-state index >= 15 is 0 Å². The third kappa shape index (κ3) is 3.09. The first-order valence-electron chi connectivity index (χ1n) is 5.64. The second kappa shape index (κ2) is 5.02. The van der Waals surface area contributed by atoms with Gasteiger partial charge < -0.3 is 9.84 Å². The average molecular weight is 242 g/mol. The van der Waals surface area contributed by atoms with Gasteiger partial charge in [-0.2, -0.15) is 0 Å². The molecule has 2 rings (SSSR count). The maximum absolute atomic E-state index is 10.2. The summed E-state index contributed by atoms with van der Waals surface area (Å²) >= 11 is 5.80. The fourth-order valence-corrected chi connectivity index (χ4v) is 2.21. The van der Waals surface area contributed by atoms with E-state index < -0.39 is 5.60 Å². The van der Waals surface area contributed by atoms with Gasteiger partial charge in [-0.05, 0) is 12.8 Å². The largest absolute Gasteiger partial charge is 0.489 e. The van der Waals surface area contributed by atoms with Gasteiger partial charge in [-0.15, -0.1) is 0 Å². The van der Waals surface area contributed by atoms with Crippen LogP contribution in [-0.2, 0) is 0 Å². The Balaban J connectivity index is 1.91. The molecule has 0 unspecified atom stereocenters. The van der Waals surface area contributed by atoms with E-state index in [4.69, 9.17) is 16.3 Å². The van der Waals surface area contributed by atoms with Crippen LogP contribution in [-0.4, -0.2) is 22.3 Å². The minimum absolute atomic E-state index is 0.328. The summed E-state index contributed by atoms with van der Waals surface area (Å²) < 4.78 is 5.53. The first-order chi connectivity index (χ1) is 7.68. The molecule has 1 aliphatic carbocycles. The third-order valence-electron chi connectivity index (χ3n) is 2.97. The molecular weight excluding hydrogens is 226 g/mol. The number of halogens is 1. The van der Waals surface area contributed by atoms with Crippen molar-refractivity contribution >= 4 is 11.6 Å². The van der Waals surface area contributed by atoms with E-state index in [1.54, 1.807) is 18.5 Å². The Labute approximate surface area is 100 Å². The van der Waals surface area contributed by atoms with Crippen molar-refractivity contribution in [1.29, 1.82) is 0 Å². The molecule has 1 fully saturated rings. The van der Waals surface area contributed by atoms with E-state index in [2.05, 4.69) is 4.98 Å². The molecule has 1 aliphatic rings. The molecule has 88 valence electrons. The number of nitrogens with zero attached hydrogens (tertiary/aromatic N) is 1. The molecule has 1 aromatic rings. The normalized spacial score (nSPS) is 19.4. The number of aliphatic hydroxyl groups is 1. The van der Waals surface area contributed by atoms with E-state index in [1.165, 1.54) is 6.42 Å². The van der Waals surface area contributed by atoms with Gasteiger partial charge in [0.25, 0.3) is 0 Å². The SMILES string of the molecule is OC1(COc2cncc(Cl)c2)CCCCC1. The Kier molecular flexibility index (Phi) is 3.66. The van der Waals surface area contributed by atoms with Crippen molar-refractivity contribution in [2.45, 2.75) is 37.7 Å². The van der Waals surface area contributed by atoms with Gasteiger partial charge in [0.1, 0.15) is 12.4 Å². The monoisotopic (exact) mass is 241 g/mol. The summed E-state index contributed by atoms with van der Waals surface area (Å²) in [6.45, 7) is 0.328. The van der Waals surface area contributed by atoms with Gasteiger partial charge in [-0.3, -0.25) is 4.98 Å². The number of aromatic nitrogens is 1. The summed E-state index contributed by atoms with van der Waals surface area (Å²) in [5.41, 5.74) is -0.666. The maximum Gasteiger partial charge on any atom is 0.139 e. The predicted molar refractivity (Wildman–Crippen MR) is 62.8 cm³/mol. The molecule has 1 N–H and O–H groups in total. The van der Waals surface area contributed by atoms with E-state index in [1.807, 2.05) is 0 Å². The molecule has 0 saturated heterocycles. The van der Waals surface area contributed by atoms with Gasteiger partial charge in [-0.1, -0.05) is 30.9 Å². The molecule has 3 nitrogen and oxygen atoms in total. The highest BCUT2D eigenvalue weighted by Crippen LogP contribution is 2.28. The molecule has 0 amide bonds. The number of rotatable bonds is 3. The predicted octanol–water partition coefficient (Wildman–Crippen LogP) is 2.81. The summed E-state index contributed by atoms with van der Waals surface area (Å²) in [5, 5.41) is 10.8. The zero-order valence-corrected chi connectivity index (χ0v) is 9.91. The van der Waals surface area contributed by atoms with Crippen LogP contribution in [0.15, 0.2) is 18.5 Å². The average Bonchev–Trinajstić information content (AvgIpc) is 2.28. The number of hydrogen-bond acceptors (Lipinski definition) is 3. The van der Waals surface area contributed by atoms with Crippen molar-refractivity contribution in [1.82, 2.24) is 4.98 Å². The third-order valence-corrected chi connectivity index (χ3v) is 3.18. The zero-order valence-electron chi connectivity index (χ0n) is 9.16. The van der Waals surface area contributed by atoms with Gasteiger partial charge in [0.2, 0.25) is 0 Å². The van der Waals surface area contributed by atoms with E-state index in [9.17, 15) is 5.11 Å². The highest BCUT2D eigenvalue weighted by Gasteiger charge is 2.29. The van der Waals surface area contributed by atoms with Gasteiger partial charge >= 0.3 is 0 Å². The quantitative estimate of drug-likeness (QED) is 0.885. The molecule has 1 saturated carbocycles. The lowest BCUT2D eigenvalue weighted by Crippen LogP contribution is -2.37. The number of hydrogen-bond donors (Lipinski definition) is 1. The molecule has 0 aliphatic heterocycles. The summed E-state index contributed by atoms with van der Waals surface area (Å²) in [5.74, 6) is 0.617. The summed E-state index contributed by atoms with van der Waals surface area (Å²) in [6, 6.07) is 1.71. The topological polar surface area (TPSA) is 42.4 Å². The highest BCUT2D eigenvalue weighted by atomic mass is 35.5. The van der Waals surface area contributed by atoms with Crippen molar-refractivity contribution in [3.63, 3.8) is 0 Å². The van der Waals surface area contributed by atoms with Gasteiger partial charge in [0, 0.05) is 12.3 Å². The highest BCUT2D eigenvalue weighted by molar-refractivity contribution is 6.30. The molecule has 0 atom stereocenters. The lowest BCUT2D eigenvalue weighted by Gasteiger charge is -2.31. The lowest BCUT2D eigenvalue weighted by atomic mass is 9.86. The van der Waals surface area contributed by atoms with Crippen LogP contribution in [0.4, 0.5) is 0 Å². The van der Waals surface area contributed by atoms with Crippen LogP contribution < -0.4 is 4.74 Å². The summed E-state index contributed by atoms with van der Waals surface area (Å²) in [4.78, 5) is 3.93. The standard InChI is InChI=1S/C12H16ClNO2/c13-10-6-11(8-14-7-10)16-9-12(15)4-2-1-3-5-12/h6-8,15H,1-5,9H2. The van der Waals surface area contributed by atoms with Gasteiger partial charge in [0.05, 0.1) is 16.8 Å². The van der Waals surface area contributed by atoms with E-state index in [0.29, 0.717) is 17.4 Å². The molecular formula is C12H16ClNO2. The van der Waals surface area contributed by atoms with Crippen molar-refractivity contribution in [2.75, 3.05) is 6.61 Å². The zero-order chi connectivity index (χ0) is 11.4. The minimum Gasteiger partial charge on any atom is -0.489 e. The first-order valence-corrected chi connectivity index (χ1v) is 6.02. The van der Waals surface area contributed by atoms with Gasteiger partial charge in [0.15, 0.2) is 0 Å². The van der Waals surface area contributed by atoms with Crippen molar-refractivity contribution in [3.05, 3.63) is 23.5 Å². The van der Waals surface area contributed by atoms with Crippen molar-refractivity contribution in [2.24, 2.45) is 0 Å². The summed E-state index contributed by atoms with van der Waals surface area (Å²) in [7, 11) is 0. The van der Waals surface area contributed by atoms with Gasteiger partial charge in [-0.25, -0.2) is 0 Å². The number of pyridine rings is 1. The van der Waals surface area contributed by atoms with Crippen LogP contribution in [0.5, 0.6) is 5.75 Å². The molecule has 1 aromatic heterocycles. The van der Waals surface area contributed by atoms with Crippen molar-refractivity contribution in [3.8, 4) is 5.75 Å². The summed E-state index contributed by atoms with van der Waals surface area (Å²) in [6.07, 6.45) is 8.17. The first kappa shape index (κ1) is 11.7. The van der Waals surface area contributed by atoms with Crippen LogP contribution in [0.3, 0.4) is 0 Å². The second-order valence-electron chi connectivity index (χ2n) is 4.41. The van der Waals surface area contributed by atoms with E-state index in [-0.39, 0.29) is 0 Å². The van der Waals surface area contributed by atoms with Crippen LogP contribution in [0.25, 0.3) is 0 Å². The van der Waals surface area contributed by atoms with Crippen LogP contribution in [0, 0.1) is 0 Å². The molecule has 16 heavy (non-hydrogen) atoms. The van der Waals surface area contributed by atoms with Crippen LogP contribution in [0.1, 0.15) is 32.1 Å². The second-order valence-corrected chi connectivity index (χ2v) is 4.85. The molecule has 1 heterocycles. The Morgan fingerprint density at radius 3 is 2.75 bits per heavy atom. The molecule has 0 spiro atoms. The molecule has 0 radical (unpaired) electrons. The fraction of sp³-hybridized carbons (Fsp3) is 0.583. The minimum atomic E-state index is -0.666. The Bertz CT molecular complexity index is 351. The Morgan fingerprint density at radius 1 is 1.31 bits per heavy atom. The van der Waals surface area contributed by atoms with Crippen LogP contribution >= 0.6 is 11.6 Å². The molecule has 0 aromatic carbocycles. The Hall–Kier alpha value is -0.800. The smallest absolute Gasteiger partial charge is 0.139 e. The molecule has 4 heteroatoms. The molecule has 0 bridgehead atoms.